The number of imide groups is 1. The Balaban J connectivity index is 2.53. The largest absolute Gasteiger partial charge is 0.366 e. The second-order valence-electron chi connectivity index (χ2n) is 3.74. The summed E-state index contributed by atoms with van der Waals surface area (Å²) in [6, 6.07) is 3.64. The Morgan fingerprint density at radius 3 is 2.24 bits per heavy atom. The van der Waals surface area contributed by atoms with E-state index in [9.17, 15) is 9.59 Å². The molecule has 5 heteroatoms. The molecule has 0 saturated carbocycles. The molecule has 17 heavy (non-hydrogen) atoms. The van der Waals surface area contributed by atoms with E-state index < -0.39 is 0 Å². The Bertz CT molecular complexity index is 470. The molecular formula is C12H15N3O2. The monoisotopic (exact) mass is 233 g/mol. The summed E-state index contributed by atoms with van der Waals surface area (Å²) >= 11 is 0. The molecule has 1 aliphatic rings. The highest BCUT2D eigenvalue weighted by molar-refractivity contribution is 6.32. The molecule has 1 aromatic rings. The summed E-state index contributed by atoms with van der Waals surface area (Å²) in [6.07, 6.45) is 3.52. The maximum atomic E-state index is 11.8. The second-order valence-corrected chi connectivity index (χ2v) is 3.74. The first kappa shape index (κ1) is 11.4. The van der Waals surface area contributed by atoms with Crippen LogP contribution in [-0.2, 0) is 9.59 Å². The number of nitrogens with zero attached hydrogens (tertiary/aromatic N) is 2. The van der Waals surface area contributed by atoms with Crippen molar-refractivity contribution in [3.05, 3.63) is 30.2 Å². The minimum absolute atomic E-state index is 0.317. The van der Waals surface area contributed by atoms with Gasteiger partial charge in [0.15, 0.2) is 0 Å². The van der Waals surface area contributed by atoms with E-state index in [1.54, 1.807) is 17.0 Å². The van der Waals surface area contributed by atoms with E-state index in [0.717, 1.165) is 0 Å². The van der Waals surface area contributed by atoms with Crippen LogP contribution in [0.15, 0.2) is 30.2 Å². The lowest BCUT2D eigenvalue weighted by molar-refractivity contribution is -0.124. The number of amides is 2. The molecule has 0 unspecified atom stereocenters. The molecule has 0 radical (unpaired) electrons. The third kappa shape index (κ3) is 1.84. The summed E-state index contributed by atoms with van der Waals surface area (Å²) in [5.41, 5.74) is 0.861. The van der Waals surface area contributed by atoms with Gasteiger partial charge in [0.2, 0.25) is 0 Å². The molecular weight excluding hydrogens is 218 g/mol. The van der Waals surface area contributed by atoms with E-state index in [2.05, 4.69) is 5.32 Å². The number of carbonyl (C=O) groups excluding carboxylic acids is 2. The van der Waals surface area contributed by atoms with Crippen molar-refractivity contribution < 1.29 is 9.59 Å². The molecule has 5 nitrogen and oxygen atoms in total. The molecule has 0 atom stereocenters. The van der Waals surface area contributed by atoms with Gasteiger partial charge in [-0.05, 0) is 26.0 Å². The van der Waals surface area contributed by atoms with Crippen molar-refractivity contribution in [2.24, 2.45) is 0 Å². The molecule has 2 heterocycles. The zero-order valence-electron chi connectivity index (χ0n) is 9.93. The number of hydrogen-bond donors (Lipinski definition) is 1. The summed E-state index contributed by atoms with van der Waals surface area (Å²) in [4.78, 5) is 25.5. The number of aromatic nitrogens is 1. The van der Waals surface area contributed by atoms with Crippen molar-refractivity contribution in [3.63, 3.8) is 0 Å². The van der Waals surface area contributed by atoms with E-state index in [1.165, 1.54) is 0 Å². The van der Waals surface area contributed by atoms with Gasteiger partial charge in [0.1, 0.15) is 11.4 Å². The molecule has 90 valence electrons. The Morgan fingerprint density at radius 2 is 1.71 bits per heavy atom. The standard InChI is InChI=1S/C12H15N3O2/c1-3-14(4-2)9-10(12(17)13-11(9)16)15-7-5-6-8-15/h5-8H,3-4H2,1-2H3,(H,13,16,17). The van der Waals surface area contributed by atoms with E-state index in [4.69, 9.17) is 0 Å². The summed E-state index contributed by atoms with van der Waals surface area (Å²) < 4.78 is 1.67. The lowest BCUT2D eigenvalue weighted by atomic mass is 10.3. The molecule has 2 rings (SSSR count). The normalized spacial score (nSPS) is 15.4. The van der Waals surface area contributed by atoms with E-state index in [1.807, 2.05) is 30.9 Å². The quantitative estimate of drug-likeness (QED) is 0.777. The van der Waals surface area contributed by atoms with Crippen molar-refractivity contribution in [1.29, 1.82) is 0 Å². The molecule has 0 fully saturated rings. The molecule has 2 amide bonds. The number of likely N-dealkylation sites (N-methyl/N-ethyl adjacent to an activating group) is 1. The van der Waals surface area contributed by atoms with Crippen LogP contribution in [0.2, 0.25) is 0 Å². The van der Waals surface area contributed by atoms with Gasteiger partial charge in [-0.25, -0.2) is 0 Å². The number of nitrogens with one attached hydrogen (secondary N) is 1. The fourth-order valence-corrected chi connectivity index (χ4v) is 1.99. The van der Waals surface area contributed by atoms with Gasteiger partial charge in [0.25, 0.3) is 11.8 Å². The van der Waals surface area contributed by atoms with Crippen molar-refractivity contribution in [2.45, 2.75) is 13.8 Å². The highest BCUT2D eigenvalue weighted by Crippen LogP contribution is 2.21. The third-order valence-corrected chi connectivity index (χ3v) is 2.82. The van der Waals surface area contributed by atoms with Crippen LogP contribution in [0.4, 0.5) is 0 Å². The zero-order chi connectivity index (χ0) is 12.4. The molecule has 0 saturated heterocycles. The maximum absolute atomic E-state index is 11.8. The van der Waals surface area contributed by atoms with Gasteiger partial charge in [-0.2, -0.15) is 0 Å². The lowest BCUT2D eigenvalue weighted by Crippen LogP contribution is -2.30. The predicted molar refractivity (Wildman–Crippen MR) is 63.7 cm³/mol. The maximum Gasteiger partial charge on any atom is 0.277 e. The number of carbonyl (C=O) groups is 2. The van der Waals surface area contributed by atoms with Crippen LogP contribution in [0.1, 0.15) is 13.8 Å². The van der Waals surface area contributed by atoms with Gasteiger partial charge in [0.05, 0.1) is 0 Å². The SMILES string of the molecule is CCN(CC)C1=C(n2cccc2)C(=O)NC1=O. The number of rotatable bonds is 4. The fraction of sp³-hybridized carbons (Fsp3) is 0.333. The molecule has 0 aromatic carbocycles. The van der Waals surface area contributed by atoms with Gasteiger partial charge < -0.3 is 9.47 Å². The Morgan fingerprint density at radius 1 is 1.12 bits per heavy atom. The topological polar surface area (TPSA) is 54.3 Å². The smallest absolute Gasteiger partial charge is 0.277 e. The van der Waals surface area contributed by atoms with Crippen LogP contribution >= 0.6 is 0 Å². The van der Waals surface area contributed by atoms with Crippen LogP contribution in [0.5, 0.6) is 0 Å². The Hall–Kier alpha value is -2.04. The van der Waals surface area contributed by atoms with Gasteiger partial charge in [0, 0.05) is 25.5 Å². The average molecular weight is 233 g/mol. The first-order valence-electron chi connectivity index (χ1n) is 5.67. The van der Waals surface area contributed by atoms with Gasteiger partial charge in [-0.3, -0.25) is 14.9 Å². The van der Waals surface area contributed by atoms with E-state index in [-0.39, 0.29) is 11.8 Å². The van der Waals surface area contributed by atoms with Crippen LogP contribution in [0.3, 0.4) is 0 Å². The Labute approximate surface area is 99.7 Å². The van der Waals surface area contributed by atoms with Crippen molar-refractivity contribution >= 4 is 17.5 Å². The van der Waals surface area contributed by atoms with Crippen LogP contribution in [0, 0.1) is 0 Å². The van der Waals surface area contributed by atoms with Gasteiger partial charge in [-0.1, -0.05) is 0 Å². The van der Waals surface area contributed by atoms with Crippen molar-refractivity contribution in [1.82, 2.24) is 14.8 Å². The van der Waals surface area contributed by atoms with Gasteiger partial charge in [-0.15, -0.1) is 0 Å². The van der Waals surface area contributed by atoms with Crippen molar-refractivity contribution in [3.8, 4) is 0 Å². The molecule has 1 N–H and O–H groups in total. The van der Waals surface area contributed by atoms with E-state index in [0.29, 0.717) is 24.5 Å². The summed E-state index contributed by atoms with van der Waals surface area (Å²) in [6.45, 7) is 5.30. The molecule has 1 aliphatic heterocycles. The van der Waals surface area contributed by atoms with E-state index >= 15 is 0 Å². The molecule has 1 aromatic heterocycles. The highest BCUT2D eigenvalue weighted by atomic mass is 16.2. The zero-order valence-corrected chi connectivity index (χ0v) is 9.93. The van der Waals surface area contributed by atoms with Crippen LogP contribution in [-0.4, -0.2) is 34.4 Å². The average Bonchev–Trinajstić information content (AvgIpc) is 2.90. The fourth-order valence-electron chi connectivity index (χ4n) is 1.99. The minimum Gasteiger partial charge on any atom is -0.366 e. The number of hydrogen-bond acceptors (Lipinski definition) is 3. The van der Waals surface area contributed by atoms with Crippen LogP contribution < -0.4 is 5.32 Å². The first-order chi connectivity index (χ1) is 8.19. The minimum atomic E-state index is -0.340. The highest BCUT2D eigenvalue weighted by Gasteiger charge is 2.33. The van der Waals surface area contributed by atoms with Gasteiger partial charge >= 0.3 is 0 Å². The predicted octanol–water partition coefficient (Wildman–Crippen LogP) is 0.655. The molecule has 0 bridgehead atoms. The Kier molecular flexibility index (Phi) is 2.99. The lowest BCUT2D eigenvalue weighted by Gasteiger charge is -2.21. The summed E-state index contributed by atoms with van der Waals surface area (Å²) in [7, 11) is 0. The third-order valence-electron chi connectivity index (χ3n) is 2.82. The summed E-state index contributed by atoms with van der Waals surface area (Å²) in [5, 5.41) is 2.34. The second kappa shape index (κ2) is 4.45. The first-order valence-corrected chi connectivity index (χ1v) is 5.67. The molecule has 0 spiro atoms. The van der Waals surface area contributed by atoms with Crippen LogP contribution in [0.25, 0.3) is 5.70 Å². The summed E-state index contributed by atoms with van der Waals surface area (Å²) in [5.74, 6) is -0.657. The molecule has 0 aliphatic carbocycles. The van der Waals surface area contributed by atoms with Crippen molar-refractivity contribution in [2.75, 3.05) is 13.1 Å².